The molecule has 3 aromatic rings. The van der Waals surface area contributed by atoms with Gasteiger partial charge in [-0.05, 0) is 61.3 Å². The molecule has 0 unspecified atom stereocenters. The number of likely N-dealkylation sites (tertiary alicyclic amines) is 1. The normalized spacial score (nSPS) is 14.2. The fourth-order valence-corrected chi connectivity index (χ4v) is 4.53. The van der Waals surface area contributed by atoms with Gasteiger partial charge in [-0.2, -0.15) is 0 Å². The first kappa shape index (κ1) is 25.4. The second-order valence-corrected chi connectivity index (χ2v) is 8.73. The molecule has 7 heteroatoms. The van der Waals surface area contributed by atoms with Crippen LogP contribution in [-0.4, -0.2) is 51.8 Å². The standard InChI is InChI=1S/C29H34N2O5/c1-33-24-13-9-12-22(16-24)25(31-14-7-8-15-31)19-30-29(32)23-17-26(34-2)28(27(18-23)35-3)36-20-21-10-5-4-6-11-21/h4-6,9-13,16-18,25H,7-8,14-15,19-20H2,1-3H3,(H,30,32)/t25-/m1/s1. The number of nitrogens with one attached hydrogen (secondary N) is 1. The van der Waals surface area contributed by atoms with Crippen LogP contribution in [-0.2, 0) is 6.61 Å². The van der Waals surface area contributed by atoms with E-state index in [4.69, 9.17) is 18.9 Å². The van der Waals surface area contributed by atoms with E-state index in [0.29, 0.717) is 36.0 Å². The maximum Gasteiger partial charge on any atom is 0.251 e. The van der Waals surface area contributed by atoms with E-state index < -0.39 is 0 Å². The average Bonchev–Trinajstić information content (AvgIpc) is 3.46. The molecule has 0 radical (unpaired) electrons. The SMILES string of the molecule is COc1cccc([C@@H](CNC(=O)c2cc(OC)c(OCc3ccccc3)c(OC)c2)N2CCCC2)c1. The van der Waals surface area contributed by atoms with Crippen molar-refractivity contribution in [2.45, 2.75) is 25.5 Å². The van der Waals surface area contributed by atoms with E-state index >= 15 is 0 Å². The highest BCUT2D eigenvalue weighted by Crippen LogP contribution is 2.39. The Morgan fingerprint density at radius 2 is 1.58 bits per heavy atom. The maximum atomic E-state index is 13.2. The fraction of sp³-hybridized carbons (Fsp3) is 0.345. The van der Waals surface area contributed by atoms with Crippen molar-refractivity contribution in [1.82, 2.24) is 10.2 Å². The Labute approximate surface area is 212 Å². The molecule has 0 aromatic heterocycles. The molecule has 36 heavy (non-hydrogen) atoms. The van der Waals surface area contributed by atoms with Gasteiger partial charge in [0.2, 0.25) is 5.75 Å². The van der Waals surface area contributed by atoms with Crippen LogP contribution in [0.25, 0.3) is 0 Å². The highest BCUT2D eigenvalue weighted by Gasteiger charge is 2.25. The minimum absolute atomic E-state index is 0.0591. The lowest BCUT2D eigenvalue weighted by molar-refractivity contribution is 0.0937. The smallest absolute Gasteiger partial charge is 0.251 e. The fourth-order valence-electron chi connectivity index (χ4n) is 4.53. The Hall–Kier alpha value is -3.71. The van der Waals surface area contributed by atoms with Crippen molar-refractivity contribution in [3.05, 3.63) is 83.4 Å². The summed E-state index contributed by atoms with van der Waals surface area (Å²) >= 11 is 0. The zero-order chi connectivity index (χ0) is 25.3. The molecule has 1 heterocycles. The van der Waals surface area contributed by atoms with Gasteiger partial charge >= 0.3 is 0 Å². The molecule has 0 saturated carbocycles. The van der Waals surface area contributed by atoms with Gasteiger partial charge in [0.1, 0.15) is 12.4 Å². The molecule has 1 amide bonds. The van der Waals surface area contributed by atoms with Crippen molar-refractivity contribution < 1.29 is 23.7 Å². The topological polar surface area (TPSA) is 69.3 Å². The molecule has 1 N–H and O–H groups in total. The Morgan fingerprint density at radius 1 is 0.889 bits per heavy atom. The number of carbonyl (C=O) groups excluding carboxylic acids is 1. The van der Waals surface area contributed by atoms with E-state index in [-0.39, 0.29) is 11.9 Å². The monoisotopic (exact) mass is 490 g/mol. The minimum Gasteiger partial charge on any atom is -0.497 e. The van der Waals surface area contributed by atoms with E-state index in [9.17, 15) is 4.79 Å². The summed E-state index contributed by atoms with van der Waals surface area (Å²) in [6.07, 6.45) is 2.32. The summed E-state index contributed by atoms with van der Waals surface area (Å²) in [4.78, 5) is 15.7. The molecule has 1 fully saturated rings. The van der Waals surface area contributed by atoms with Gasteiger partial charge in [-0.25, -0.2) is 0 Å². The van der Waals surface area contributed by atoms with Crippen LogP contribution in [0.3, 0.4) is 0 Å². The maximum absolute atomic E-state index is 13.2. The summed E-state index contributed by atoms with van der Waals surface area (Å²) in [5.74, 6) is 1.96. The van der Waals surface area contributed by atoms with E-state index in [0.717, 1.165) is 42.8 Å². The molecule has 7 nitrogen and oxygen atoms in total. The summed E-state index contributed by atoms with van der Waals surface area (Å²) in [6.45, 7) is 2.85. The number of benzene rings is 3. The Morgan fingerprint density at radius 3 is 2.22 bits per heavy atom. The Bertz CT molecular complexity index is 1120. The van der Waals surface area contributed by atoms with Gasteiger partial charge in [0.15, 0.2) is 11.5 Å². The predicted octanol–water partition coefficient (Wildman–Crippen LogP) is 4.86. The number of ether oxygens (including phenoxy) is 4. The van der Waals surface area contributed by atoms with Gasteiger partial charge in [-0.3, -0.25) is 9.69 Å². The average molecular weight is 491 g/mol. The number of carbonyl (C=O) groups is 1. The summed E-state index contributed by atoms with van der Waals surface area (Å²) in [5, 5.41) is 3.12. The quantitative estimate of drug-likeness (QED) is 0.414. The van der Waals surface area contributed by atoms with E-state index in [1.54, 1.807) is 33.5 Å². The lowest BCUT2D eigenvalue weighted by Gasteiger charge is -2.28. The first-order chi connectivity index (χ1) is 17.6. The van der Waals surface area contributed by atoms with Gasteiger partial charge in [-0.1, -0.05) is 42.5 Å². The molecule has 1 saturated heterocycles. The number of rotatable bonds is 11. The van der Waals surface area contributed by atoms with Gasteiger partial charge in [-0.15, -0.1) is 0 Å². The molecular weight excluding hydrogens is 456 g/mol. The van der Waals surface area contributed by atoms with Crippen LogP contribution < -0.4 is 24.3 Å². The summed E-state index contributed by atoms with van der Waals surface area (Å²) in [7, 11) is 4.77. The molecular formula is C29H34N2O5. The number of methoxy groups -OCH3 is 3. The summed E-state index contributed by atoms with van der Waals surface area (Å²) < 4.78 is 22.6. The molecule has 0 aliphatic carbocycles. The second kappa shape index (κ2) is 12.3. The van der Waals surface area contributed by atoms with Crippen LogP contribution in [0.4, 0.5) is 0 Å². The van der Waals surface area contributed by atoms with Crippen molar-refractivity contribution in [2.24, 2.45) is 0 Å². The van der Waals surface area contributed by atoms with Crippen LogP contribution in [0.5, 0.6) is 23.0 Å². The predicted molar refractivity (Wildman–Crippen MR) is 139 cm³/mol. The molecule has 1 aliphatic rings. The lowest BCUT2D eigenvalue weighted by atomic mass is 10.0. The minimum atomic E-state index is -0.201. The van der Waals surface area contributed by atoms with E-state index in [1.165, 1.54) is 0 Å². The number of hydrogen-bond acceptors (Lipinski definition) is 6. The third-order valence-electron chi connectivity index (χ3n) is 6.46. The first-order valence-electron chi connectivity index (χ1n) is 12.2. The third kappa shape index (κ3) is 6.10. The molecule has 190 valence electrons. The van der Waals surface area contributed by atoms with Crippen LogP contribution in [0, 0.1) is 0 Å². The largest absolute Gasteiger partial charge is 0.497 e. The zero-order valence-corrected chi connectivity index (χ0v) is 21.2. The van der Waals surface area contributed by atoms with Crippen LogP contribution >= 0.6 is 0 Å². The van der Waals surface area contributed by atoms with Crippen molar-refractivity contribution in [3.63, 3.8) is 0 Å². The van der Waals surface area contributed by atoms with Crippen molar-refractivity contribution in [1.29, 1.82) is 0 Å². The van der Waals surface area contributed by atoms with Crippen LogP contribution in [0.2, 0.25) is 0 Å². The summed E-state index contributed by atoms with van der Waals surface area (Å²) in [5.41, 5.74) is 2.59. The first-order valence-corrected chi connectivity index (χ1v) is 12.2. The van der Waals surface area contributed by atoms with Gasteiger partial charge < -0.3 is 24.3 Å². The number of hydrogen-bond donors (Lipinski definition) is 1. The van der Waals surface area contributed by atoms with Gasteiger partial charge in [0.25, 0.3) is 5.91 Å². The third-order valence-corrected chi connectivity index (χ3v) is 6.46. The second-order valence-electron chi connectivity index (χ2n) is 8.73. The number of nitrogens with zero attached hydrogens (tertiary/aromatic N) is 1. The molecule has 1 atom stereocenters. The highest BCUT2D eigenvalue weighted by atomic mass is 16.5. The van der Waals surface area contributed by atoms with Crippen LogP contribution in [0.15, 0.2) is 66.7 Å². The van der Waals surface area contributed by atoms with Gasteiger partial charge in [0.05, 0.1) is 27.4 Å². The van der Waals surface area contributed by atoms with Gasteiger partial charge in [0, 0.05) is 12.1 Å². The Kier molecular flexibility index (Phi) is 8.68. The van der Waals surface area contributed by atoms with Crippen molar-refractivity contribution in [2.75, 3.05) is 41.0 Å². The Balaban J connectivity index is 1.51. The van der Waals surface area contributed by atoms with E-state index in [1.807, 2.05) is 48.5 Å². The van der Waals surface area contributed by atoms with Crippen molar-refractivity contribution in [3.8, 4) is 23.0 Å². The molecule has 1 aliphatic heterocycles. The molecule has 3 aromatic carbocycles. The lowest BCUT2D eigenvalue weighted by Crippen LogP contribution is -2.36. The molecule has 0 bridgehead atoms. The van der Waals surface area contributed by atoms with Crippen LogP contribution in [0.1, 0.15) is 40.4 Å². The van der Waals surface area contributed by atoms with E-state index in [2.05, 4.69) is 16.3 Å². The molecule has 4 rings (SSSR count). The highest BCUT2D eigenvalue weighted by molar-refractivity contribution is 5.95. The zero-order valence-electron chi connectivity index (χ0n) is 21.2. The van der Waals surface area contributed by atoms with Crippen molar-refractivity contribution >= 4 is 5.91 Å². The molecule has 0 spiro atoms. The number of amides is 1. The summed E-state index contributed by atoms with van der Waals surface area (Å²) in [6, 6.07) is 21.3.